The Balaban J connectivity index is 3.20. The Hall–Kier alpha value is -1.49. The number of carbonyl (C=O) groups excluding carboxylic acids is 1. The second kappa shape index (κ2) is 4.15. The molecule has 0 spiro atoms. The lowest BCUT2D eigenvalue weighted by molar-refractivity contribution is 0.0599. The third kappa shape index (κ3) is 1.88. The van der Waals surface area contributed by atoms with Gasteiger partial charge in [0.2, 0.25) is 0 Å². The number of aliphatic hydroxyl groups excluding tert-OH is 1. The highest BCUT2D eigenvalue weighted by atomic mass is 19.1. The zero-order valence-corrected chi connectivity index (χ0v) is 7.38. The van der Waals surface area contributed by atoms with Gasteiger partial charge in [-0.1, -0.05) is 0 Å². The van der Waals surface area contributed by atoms with E-state index in [1.54, 1.807) is 0 Å². The smallest absolute Gasteiger partial charge is 0.338 e. The van der Waals surface area contributed by atoms with Crippen molar-refractivity contribution in [2.75, 3.05) is 7.11 Å². The van der Waals surface area contributed by atoms with Crippen molar-refractivity contribution in [3.05, 3.63) is 34.9 Å². The maximum Gasteiger partial charge on any atom is 0.338 e. The zero-order chi connectivity index (χ0) is 10.7. The number of halogens is 2. The van der Waals surface area contributed by atoms with E-state index < -0.39 is 29.8 Å². The van der Waals surface area contributed by atoms with Gasteiger partial charge in [-0.15, -0.1) is 0 Å². The zero-order valence-electron chi connectivity index (χ0n) is 7.38. The fourth-order valence-electron chi connectivity index (χ4n) is 0.990. The molecule has 14 heavy (non-hydrogen) atoms. The average Bonchev–Trinajstić information content (AvgIpc) is 2.16. The van der Waals surface area contributed by atoms with Crippen molar-refractivity contribution in [3.63, 3.8) is 0 Å². The van der Waals surface area contributed by atoms with Crippen LogP contribution in [0.3, 0.4) is 0 Å². The third-order valence-electron chi connectivity index (χ3n) is 1.72. The van der Waals surface area contributed by atoms with Crippen LogP contribution in [0.2, 0.25) is 0 Å². The minimum atomic E-state index is -0.965. The van der Waals surface area contributed by atoms with Crippen LogP contribution in [0, 0.1) is 11.6 Å². The van der Waals surface area contributed by atoms with Crippen molar-refractivity contribution in [3.8, 4) is 0 Å². The van der Waals surface area contributed by atoms with E-state index in [1.165, 1.54) is 0 Å². The van der Waals surface area contributed by atoms with Crippen LogP contribution in [0.25, 0.3) is 0 Å². The molecular formula is C9H8F2O3. The molecule has 0 atom stereocenters. The van der Waals surface area contributed by atoms with Crippen LogP contribution in [0.1, 0.15) is 15.9 Å². The molecule has 0 aliphatic heterocycles. The molecule has 0 aliphatic rings. The summed E-state index contributed by atoms with van der Waals surface area (Å²) >= 11 is 0. The van der Waals surface area contributed by atoms with Gasteiger partial charge in [-0.3, -0.25) is 0 Å². The number of hydrogen-bond acceptors (Lipinski definition) is 3. The van der Waals surface area contributed by atoms with Gasteiger partial charge in [0.1, 0.15) is 11.6 Å². The molecule has 1 N–H and O–H groups in total. The molecule has 1 aromatic carbocycles. The number of hydrogen-bond donors (Lipinski definition) is 1. The van der Waals surface area contributed by atoms with E-state index in [1.807, 2.05) is 0 Å². The molecule has 1 rings (SSSR count). The summed E-state index contributed by atoms with van der Waals surface area (Å²) < 4.78 is 30.3. The number of carbonyl (C=O) groups is 1. The summed E-state index contributed by atoms with van der Waals surface area (Å²) in [7, 11) is 1.11. The first-order chi connectivity index (χ1) is 6.60. The van der Waals surface area contributed by atoms with E-state index >= 15 is 0 Å². The van der Waals surface area contributed by atoms with Gasteiger partial charge in [0, 0.05) is 5.56 Å². The van der Waals surface area contributed by atoms with E-state index in [-0.39, 0.29) is 5.56 Å². The Morgan fingerprint density at radius 2 is 1.93 bits per heavy atom. The molecule has 0 heterocycles. The van der Waals surface area contributed by atoms with Crippen molar-refractivity contribution in [2.45, 2.75) is 6.61 Å². The van der Waals surface area contributed by atoms with Crippen molar-refractivity contribution >= 4 is 5.97 Å². The van der Waals surface area contributed by atoms with Crippen molar-refractivity contribution in [1.82, 2.24) is 0 Å². The molecule has 0 fully saturated rings. The lowest BCUT2D eigenvalue weighted by Crippen LogP contribution is -2.05. The predicted molar refractivity (Wildman–Crippen MR) is 43.6 cm³/mol. The fourth-order valence-corrected chi connectivity index (χ4v) is 0.990. The normalized spacial score (nSPS) is 10.0. The monoisotopic (exact) mass is 202 g/mol. The Morgan fingerprint density at radius 3 is 2.29 bits per heavy atom. The van der Waals surface area contributed by atoms with Crippen LogP contribution >= 0.6 is 0 Å². The number of esters is 1. The summed E-state index contributed by atoms with van der Waals surface area (Å²) in [5.41, 5.74) is -0.683. The molecule has 3 nitrogen and oxygen atoms in total. The van der Waals surface area contributed by atoms with Crippen LogP contribution in [0.5, 0.6) is 0 Å². The topological polar surface area (TPSA) is 46.5 Å². The average molecular weight is 202 g/mol. The summed E-state index contributed by atoms with van der Waals surface area (Å²) in [5, 5.41) is 8.59. The van der Waals surface area contributed by atoms with E-state index in [0.29, 0.717) is 0 Å². The molecule has 1 aromatic rings. The number of aliphatic hydroxyl groups is 1. The van der Waals surface area contributed by atoms with E-state index in [4.69, 9.17) is 5.11 Å². The fraction of sp³-hybridized carbons (Fsp3) is 0.222. The van der Waals surface area contributed by atoms with Gasteiger partial charge in [0.25, 0.3) is 0 Å². The van der Waals surface area contributed by atoms with Crippen LogP contribution in [-0.4, -0.2) is 18.2 Å². The first-order valence-corrected chi connectivity index (χ1v) is 3.77. The van der Waals surface area contributed by atoms with Gasteiger partial charge in [0.05, 0.1) is 19.3 Å². The first-order valence-electron chi connectivity index (χ1n) is 3.77. The lowest BCUT2D eigenvalue weighted by Gasteiger charge is -2.04. The largest absolute Gasteiger partial charge is 0.465 e. The number of benzene rings is 1. The molecule has 76 valence electrons. The quantitative estimate of drug-likeness (QED) is 0.734. The Kier molecular flexibility index (Phi) is 3.14. The van der Waals surface area contributed by atoms with Crippen molar-refractivity contribution in [1.29, 1.82) is 0 Å². The summed E-state index contributed by atoms with van der Waals surface area (Å²) in [6.07, 6.45) is 0. The van der Waals surface area contributed by atoms with E-state index in [9.17, 15) is 13.6 Å². The highest BCUT2D eigenvalue weighted by Gasteiger charge is 2.14. The van der Waals surface area contributed by atoms with Crippen LogP contribution in [0.4, 0.5) is 8.78 Å². The molecular weight excluding hydrogens is 194 g/mol. The summed E-state index contributed by atoms with van der Waals surface area (Å²) in [6, 6.07) is 1.64. The van der Waals surface area contributed by atoms with Crippen molar-refractivity contribution < 1.29 is 23.4 Å². The summed E-state index contributed by atoms with van der Waals surface area (Å²) in [6.45, 7) is -0.751. The van der Waals surface area contributed by atoms with Gasteiger partial charge in [-0.05, 0) is 12.1 Å². The first kappa shape index (κ1) is 10.6. The Labute approximate surface area is 78.9 Å². The van der Waals surface area contributed by atoms with Gasteiger partial charge in [-0.25, -0.2) is 13.6 Å². The molecule has 0 bridgehead atoms. The van der Waals surface area contributed by atoms with Crippen molar-refractivity contribution in [2.24, 2.45) is 0 Å². The predicted octanol–water partition coefficient (Wildman–Crippen LogP) is 1.24. The standard InChI is InChI=1S/C9H8F2O3/c1-14-9(13)5-2-7(10)6(4-12)8(11)3-5/h2-3,12H,4H2,1H3. The minimum absolute atomic E-state index is 0.222. The number of methoxy groups -OCH3 is 1. The maximum absolute atomic E-state index is 13.0. The van der Waals surface area contributed by atoms with Crippen LogP contribution in [-0.2, 0) is 11.3 Å². The highest BCUT2D eigenvalue weighted by molar-refractivity contribution is 5.89. The van der Waals surface area contributed by atoms with E-state index in [0.717, 1.165) is 19.2 Å². The van der Waals surface area contributed by atoms with Gasteiger partial charge in [-0.2, -0.15) is 0 Å². The minimum Gasteiger partial charge on any atom is -0.465 e. The molecule has 0 saturated heterocycles. The van der Waals surface area contributed by atoms with Gasteiger partial charge >= 0.3 is 5.97 Å². The Morgan fingerprint density at radius 1 is 1.43 bits per heavy atom. The van der Waals surface area contributed by atoms with Gasteiger partial charge in [0.15, 0.2) is 0 Å². The van der Waals surface area contributed by atoms with Crippen LogP contribution < -0.4 is 0 Å². The lowest BCUT2D eigenvalue weighted by atomic mass is 10.1. The second-order valence-corrected chi connectivity index (χ2v) is 2.57. The molecule has 0 unspecified atom stereocenters. The molecule has 0 aliphatic carbocycles. The van der Waals surface area contributed by atoms with Crippen LogP contribution in [0.15, 0.2) is 12.1 Å². The summed E-state index contributed by atoms with van der Waals surface area (Å²) in [4.78, 5) is 10.9. The van der Waals surface area contributed by atoms with E-state index in [2.05, 4.69) is 4.74 Å². The SMILES string of the molecule is COC(=O)c1cc(F)c(CO)c(F)c1. The third-order valence-corrected chi connectivity index (χ3v) is 1.72. The molecule has 0 amide bonds. The molecule has 0 saturated carbocycles. The molecule has 0 radical (unpaired) electrons. The summed E-state index contributed by atoms with van der Waals surface area (Å²) in [5.74, 6) is -2.76. The highest BCUT2D eigenvalue weighted by Crippen LogP contribution is 2.15. The Bertz CT molecular complexity index is 340. The number of rotatable bonds is 2. The number of ether oxygens (including phenoxy) is 1. The maximum atomic E-state index is 13.0. The van der Waals surface area contributed by atoms with Gasteiger partial charge < -0.3 is 9.84 Å². The molecule has 0 aromatic heterocycles. The second-order valence-electron chi connectivity index (χ2n) is 2.57. The molecule has 5 heteroatoms.